The van der Waals surface area contributed by atoms with E-state index in [4.69, 9.17) is 0 Å². The lowest BCUT2D eigenvalue weighted by atomic mass is 9.94. The van der Waals surface area contributed by atoms with Gasteiger partial charge in [0.05, 0.1) is 0 Å². The lowest BCUT2D eigenvalue weighted by molar-refractivity contribution is 0.408. The van der Waals surface area contributed by atoms with Crippen LogP contribution in [0.15, 0.2) is 6.07 Å². The molecule has 0 fully saturated rings. The molecule has 2 heteroatoms. The zero-order chi connectivity index (χ0) is 12.1. The van der Waals surface area contributed by atoms with Crippen LogP contribution in [-0.2, 0) is 0 Å². The van der Waals surface area contributed by atoms with Crippen LogP contribution in [0.3, 0.4) is 0 Å². The SMILES string of the molecule is CCNC(CC(C)CC)c1cc(C)sc1C. The van der Waals surface area contributed by atoms with Gasteiger partial charge in [0.25, 0.3) is 0 Å². The van der Waals surface area contributed by atoms with E-state index in [1.165, 1.54) is 28.2 Å². The van der Waals surface area contributed by atoms with E-state index in [0.717, 1.165) is 12.5 Å². The third kappa shape index (κ3) is 3.60. The van der Waals surface area contributed by atoms with Gasteiger partial charge in [0, 0.05) is 15.8 Å². The Bertz CT molecular complexity index is 317. The average Bonchev–Trinajstić information content (AvgIpc) is 2.57. The second kappa shape index (κ2) is 6.41. The maximum Gasteiger partial charge on any atom is 0.0333 e. The van der Waals surface area contributed by atoms with Crippen molar-refractivity contribution >= 4 is 11.3 Å². The van der Waals surface area contributed by atoms with E-state index in [1.54, 1.807) is 0 Å². The fourth-order valence-electron chi connectivity index (χ4n) is 2.13. The molecule has 0 aromatic carbocycles. The summed E-state index contributed by atoms with van der Waals surface area (Å²) in [7, 11) is 0. The number of aryl methyl sites for hydroxylation is 2. The second-order valence-electron chi connectivity index (χ2n) is 4.73. The Morgan fingerprint density at radius 2 is 2.00 bits per heavy atom. The van der Waals surface area contributed by atoms with Crippen LogP contribution in [-0.4, -0.2) is 6.54 Å². The Kier molecular flexibility index (Phi) is 5.50. The Balaban J connectivity index is 2.80. The van der Waals surface area contributed by atoms with E-state index in [1.807, 2.05) is 11.3 Å². The predicted molar refractivity (Wildman–Crippen MR) is 74.3 cm³/mol. The summed E-state index contributed by atoms with van der Waals surface area (Å²) >= 11 is 1.92. The first kappa shape index (κ1) is 13.7. The van der Waals surface area contributed by atoms with Gasteiger partial charge in [-0.2, -0.15) is 0 Å². The summed E-state index contributed by atoms with van der Waals surface area (Å²) in [5.41, 5.74) is 1.52. The maximum atomic E-state index is 3.62. The van der Waals surface area contributed by atoms with Crippen LogP contribution in [0.5, 0.6) is 0 Å². The molecule has 1 nitrogen and oxygen atoms in total. The highest BCUT2D eigenvalue weighted by molar-refractivity contribution is 7.12. The van der Waals surface area contributed by atoms with Crippen LogP contribution in [0.25, 0.3) is 0 Å². The standard InChI is InChI=1S/C14H25NS/c1-6-10(3)8-14(15-7-2)13-9-11(4)16-12(13)5/h9-10,14-15H,6-8H2,1-5H3. The molecule has 1 heterocycles. The summed E-state index contributed by atoms with van der Waals surface area (Å²) in [4.78, 5) is 2.91. The monoisotopic (exact) mass is 239 g/mol. The normalized spacial score (nSPS) is 15.1. The molecule has 1 N–H and O–H groups in total. The maximum absolute atomic E-state index is 3.62. The highest BCUT2D eigenvalue weighted by atomic mass is 32.1. The van der Waals surface area contributed by atoms with Crippen molar-refractivity contribution in [3.05, 3.63) is 21.4 Å². The van der Waals surface area contributed by atoms with Gasteiger partial charge in [-0.1, -0.05) is 27.2 Å². The van der Waals surface area contributed by atoms with Crippen LogP contribution in [0.1, 0.15) is 55.0 Å². The first-order chi connectivity index (χ1) is 7.58. The topological polar surface area (TPSA) is 12.0 Å². The van der Waals surface area contributed by atoms with Gasteiger partial charge >= 0.3 is 0 Å². The largest absolute Gasteiger partial charge is 0.310 e. The first-order valence-electron chi connectivity index (χ1n) is 6.38. The van der Waals surface area contributed by atoms with Crippen molar-refractivity contribution in [2.45, 2.75) is 53.5 Å². The minimum atomic E-state index is 0.546. The summed E-state index contributed by atoms with van der Waals surface area (Å²) in [6.07, 6.45) is 2.52. The van der Waals surface area contributed by atoms with Crippen LogP contribution in [0.2, 0.25) is 0 Å². The molecule has 1 aromatic rings. The fraction of sp³-hybridized carbons (Fsp3) is 0.714. The van der Waals surface area contributed by atoms with Gasteiger partial charge < -0.3 is 5.32 Å². The molecule has 0 aliphatic heterocycles. The Hall–Kier alpha value is -0.340. The van der Waals surface area contributed by atoms with Gasteiger partial charge in [-0.05, 0) is 44.4 Å². The van der Waals surface area contributed by atoms with Crippen molar-refractivity contribution in [3.8, 4) is 0 Å². The molecule has 0 aliphatic carbocycles. The molecule has 0 spiro atoms. The van der Waals surface area contributed by atoms with E-state index in [-0.39, 0.29) is 0 Å². The molecular weight excluding hydrogens is 214 g/mol. The molecule has 2 atom stereocenters. The van der Waals surface area contributed by atoms with Gasteiger partial charge in [0.15, 0.2) is 0 Å². The Morgan fingerprint density at radius 3 is 2.44 bits per heavy atom. The first-order valence-corrected chi connectivity index (χ1v) is 7.20. The summed E-state index contributed by atoms with van der Waals surface area (Å²) in [5.74, 6) is 0.795. The molecular formula is C14H25NS. The lowest BCUT2D eigenvalue weighted by Crippen LogP contribution is -2.23. The molecule has 0 aliphatic rings. The van der Waals surface area contributed by atoms with Gasteiger partial charge in [0.1, 0.15) is 0 Å². The predicted octanol–water partition coefficient (Wildman–Crippen LogP) is 4.45. The fourth-order valence-corrected chi connectivity index (χ4v) is 3.12. The van der Waals surface area contributed by atoms with Gasteiger partial charge in [-0.3, -0.25) is 0 Å². The molecule has 0 saturated heterocycles. The summed E-state index contributed by atoms with van der Waals surface area (Å²) < 4.78 is 0. The van der Waals surface area contributed by atoms with Crippen molar-refractivity contribution in [2.75, 3.05) is 6.54 Å². The van der Waals surface area contributed by atoms with Crippen LogP contribution in [0, 0.1) is 19.8 Å². The molecule has 0 radical (unpaired) electrons. The van der Waals surface area contributed by atoms with Crippen molar-refractivity contribution < 1.29 is 0 Å². The van der Waals surface area contributed by atoms with Crippen molar-refractivity contribution in [1.29, 1.82) is 0 Å². The Morgan fingerprint density at radius 1 is 1.31 bits per heavy atom. The van der Waals surface area contributed by atoms with E-state index >= 15 is 0 Å². The van der Waals surface area contributed by atoms with Crippen molar-refractivity contribution in [2.24, 2.45) is 5.92 Å². The van der Waals surface area contributed by atoms with Crippen molar-refractivity contribution in [1.82, 2.24) is 5.32 Å². The van der Waals surface area contributed by atoms with Gasteiger partial charge in [-0.15, -0.1) is 11.3 Å². The number of nitrogens with one attached hydrogen (secondary N) is 1. The molecule has 0 bridgehead atoms. The summed E-state index contributed by atoms with van der Waals surface area (Å²) in [5, 5.41) is 3.62. The van der Waals surface area contributed by atoms with E-state index in [9.17, 15) is 0 Å². The molecule has 0 saturated carbocycles. The third-order valence-corrected chi connectivity index (χ3v) is 4.22. The van der Waals surface area contributed by atoms with Crippen LogP contribution < -0.4 is 5.32 Å². The van der Waals surface area contributed by atoms with Crippen molar-refractivity contribution in [3.63, 3.8) is 0 Å². The van der Waals surface area contributed by atoms with Crippen LogP contribution >= 0.6 is 11.3 Å². The molecule has 2 unspecified atom stereocenters. The molecule has 1 aromatic heterocycles. The minimum Gasteiger partial charge on any atom is -0.310 e. The van der Waals surface area contributed by atoms with E-state index in [2.05, 4.69) is 46.0 Å². The highest BCUT2D eigenvalue weighted by Gasteiger charge is 2.17. The number of hydrogen-bond acceptors (Lipinski definition) is 2. The van der Waals surface area contributed by atoms with Crippen LogP contribution in [0.4, 0.5) is 0 Å². The zero-order valence-electron chi connectivity index (χ0n) is 11.3. The third-order valence-electron chi connectivity index (χ3n) is 3.24. The second-order valence-corrected chi connectivity index (χ2v) is 6.19. The number of rotatable bonds is 6. The quantitative estimate of drug-likeness (QED) is 0.773. The average molecular weight is 239 g/mol. The molecule has 16 heavy (non-hydrogen) atoms. The van der Waals surface area contributed by atoms with Gasteiger partial charge in [-0.25, -0.2) is 0 Å². The summed E-state index contributed by atoms with van der Waals surface area (Å²) in [6, 6.07) is 2.90. The molecule has 0 amide bonds. The minimum absolute atomic E-state index is 0.546. The summed E-state index contributed by atoms with van der Waals surface area (Å²) in [6.45, 7) is 12.3. The highest BCUT2D eigenvalue weighted by Crippen LogP contribution is 2.30. The Labute approximate surface area is 104 Å². The molecule has 92 valence electrons. The van der Waals surface area contributed by atoms with E-state index in [0.29, 0.717) is 6.04 Å². The zero-order valence-corrected chi connectivity index (χ0v) is 12.1. The molecule has 1 rings (SSSR count). The smallest absolute Gasteiger partial charge is 0.0333 e. The van der Waals surface area contributed by atoms with E-state index < -0.39 is 0 Å². The lowest BCUT2D eigenvalue weighted by Gasteiger charge is -2.21. The number of hydrogen-bond donors (Lipinski definition) is 1. The number of thiophene rings is 1. The van der Waals surface area contributed by atoms with Gasteiger partial charge in [0.2, 0.25) is 0 Å².